The molecule has 114 valence electrons. The van der Waals surface area contributed by atoms with Gasteiger partial charge in [0.25, 0.3) is 0 Å². The van der Waals surface area contributed by atoms with Crippen LogP contribution in [-0.2, 0) is 16.0 Å². The number of amides is 1. The van der Waals surface area contributed by atoms with Gasteiger partial charge in [-0.05, 0) is 50.2 Å². The summed E-state index contributed by atoms with van der Waals surface area (Å²) < 4.78 is 0. The fourth-order valence-corrected chi connectivity index (χ4v) is 2.81. The van der Waals surface area contributed by atoms with Crippen LogP contribution in [0.5, 0.6) is 0 Å². The van der Waals surface area contributed by atoms with Crippen LogP contribution in [0.2, 0.25) is 0 Å². The highest BCUT2D eigenvalue weighted by Crippen LogP contribution is 2.32. The number of carboxylic acid groups (broad SMARTS) is 1. The fourth-order valence-electron chi connectivity index (χ4n) is 2.81. The summed E-state index contributed by atoms with van der Waals surface area (Å²) in [5.41, 5.74) is 0.528. The fraction of sp³-hybridized carbons (Fsp3) is 0.562. The van der Waals surface area contributed by atoms with Crippen LogP contribution >= 0.6 is 0 Å². The Labute approximate surface area is 124 Å². The van der Waals surface area contributed by atoms with Crippen molar-refractivity contribution in [2.75, 3.05) is 0 Å². The molecule has 0 aliphatic heterocycles. The summed E-state index contributed by atoms with van der Waals surface area (Å²) in [4.78, 5) is 28.0. The number of aromatic nitrogens is 1. The van der Waals surface area contributed by atoms with E-state index in [1.54, 1.807) is 6.20 Å². The minimum Gasteiger partial charge on any atom is -0.480 e. The minimum atomic E-state index is -1.10. The highest BCUT2D eigenvalue weighted by Gasteiger charge is 2.42. The normalized spacial score (nSPS) is 25.3. The van der Waals surface area contributed by atoms with Crippen molar-refractivity contribution in [3.05, 3.63) is 29.6 Å². The molecule has 0 bridgehead atoms. The average Bonchev–Trinajstić information content (AvgIpc) is 2.44. The molecule has 0 spiro atoms. The number of nitrogens with one attached hydrogen (secondary N) is 1. The van der Waals surface area contributed by atoms with E-state index in [1.807, 2.05) is 19.1 Å². The van der Waals surface area contributed by atoms with Crippen LogP contribution in [0, 0.1) is 12.8 Å². The average molecular weight is 290 g/mol. The molecule has 1 aliphatic rings. The van der Waals surface area contributed by atoms with Crippen molar-refractivity contribution in [1.82, 2.24) is 10.3 Å². The lowest BCUT2D eigenvalue weighted by Crippen LogP contribution is -2.56. The molecule has 5 nitrogen and oxygen atoms in total. The van der Waals surface area contributed by atoms with E-state index in [9.17, 15) is 14.7 Å². The van der Waals surface area contributed by atoms with Gasteiger partial charge >= 0.3 is 5.97 Å². The van der Waals surface area contributed by atoms with Gasteiger partial charge in [0.15, 0.2) is 0 Å². The summed E-state index contributed by atoms with van der Waals surface area (Å²) in [5.74, 6) is -0.679. The Kier molecular flexibility index (Phi) is 4.60. The number of aliphatic carboxylic acids is 1. The third-order valence-electron chi connectivity index (χ3n) is 4.36. The number of carbonyl (C=O) groups excluding carboxylic acids is 1. The molecule has 0 atom stereocenters. The number of nitrogens with zero attached hydrogens (tertiary/aromatic N) is 1. The molecule has 2 N–H and O–H groups in total. The van der Waals surface area contributed by atoms with Crippen molar-refractivity contribution in [3.63, 3.8) is 0 Å². The van der Waals surface area contributed by atoms with Crippen LogP contribution in [0.1, 0.15) is 43.9 Å². The Morgan fingerprint density at radius 2 is 2.10 bits per heavy atom. The molecular weight excluding hydrogens is 268 g/mol. The lowest BCUT2D eigenvalue weighted by atomic mass is 9.77. The summed E-state index contributed by atoms with van der Waals surface area (Å²) >= 11 is 0. The molecule has 0 radical (unpaired) electrons. The van der Waals surface area contributed by atoms with Crippen molar-refractivity contribution >= 4 is 11.9 Å². The lowest BCUT2D eigenvalue weighted by molar-refractivity contribution is -0.149. The van der Waals surface area contributed by atoms with Crippen LogP contribution in [0.3, 0.4) is 0 Å². The third kappa shape index (κ3) is 3.60. The Morgan fingerprint density at radius 1 is 1.43 bits per heavy atom. The van der Waals surface area contributed by atoms with Gasteiger partial charge in [-0.15, -0.1) is 0 Å². The second-order valence-electron chi connectivity index (χ2n) is 6.06. The van der Waals surface area contributed by atoms with Crippen molar-refractivity contribution in [1.29, 1.82) is 0 Å². The lowest BCUT2D eigenvalue weighted by Gasteiger charge is -2.36. The Hall–Kier alpha value is -1.91. The molecule has 2 rings (SSSR count). The summed E-state index contributed by atoms with van der Waals surface area (Å²) in [7, 11) is 0. The van der Waals surface area contributed by atoms with E-state index in [4.69, 9.17) is 0 Å². The zero-order chi connectivity index (χ0) is 15.5. The molecule has 0 saturated heterocycles. The first kappa shape index (κ1) is 15.5. The van der Waals surface area contributed by atoms with Crippen molar-refractivity contribution in [2.45, 2.75) is 51.5 Å². The molecule has 1 heterocycles. The maximum Gasteiger partial charge on any atom is 0.329 e. The molecule has 5 heteroatoms. The van der Waals surface area contributed by atoms with Crippen LogP contribution < -0.4 is 5.32 Å². The SMILES string of the molecule is Cc1cccnc1CC(=O)NC1(C(=O)O)CCC(C)CC1. The largest absolute Gasteiger partial charge is 0.480 e. The first-order chi connectivity index (χ1) is 9.93. The van der Waals surface area contributed by atoms with Crippen molar-refractivity contribution in [2.24, 2.45) is 5.92 Å². The smallest absolute Gasteiger partial charge is 0.329 e. The maximum absolute atomic E-state index is 12.2. The predicted octanol–water partition coefficient (Wildman–Crippen LogP) is 2.08. The predicted molar refractivity (Wildman–Crippen MR) is 78.8 cm³/mol. The van der Waals surface area contributed by atoms with E-state index in [2.05, 4.69) is 17.2 Å². The quantitative estimate of drug-likeness (QED) is 0.890. The topological polar surface area (TPSA) is 79.3 Å². The van der Waals surface area contributed by atoms with Gasteiger partial charge in [-0.25, -0.2) is 4.79 Å². The van der Waals surface area contributed by atoms with Crippen LogP contribution in [0.15, 0.2) is 18.3 Å². The van der Waals surface area contributed by atoms with Gasteiger partial charge in [-0.2, -0.15) is 0 Å². The van der Waals surface area contributed by atoms with Crippen LogP contribution in [0.4, 0.5) is 0 Å². The van der Waals surface area contributed by atoms with Gasteiger partial charge in [-0.3, -0.25) is 9.78 Å². The number of pyridine rings is 1. The number of aryl methyl sites for hydroxylation is 1. The molecule has 1 saturated carbocycles. The molecule has 1 fully saturated rings. The summed E-state index contributed by atoms with van der Waals surface area (Å²) in [6.45, 7) is 4.01. The van der Waals surface area contributed by atoms with Crippen molar-refractivity contribution < 1.29 is 14.7 Å². The Balaban J connectivity index is 2.06. The third-order valence-corrected chi connectivity index (χ3v) is 4.36. The van der Waals surface area contributed by atoms with Crippen LogP contribution in [-0.4, -0.2) is 27.5 Å². The minimum absolute atomic E-state index is 0.122. The van der Waals surface area contributed by atoms with Gasteiger partial charge in [0.05, 0.1) is 12.1 Å². The number of carbonyl (C=O) groups is 2. The van der Waals surface area contributed by atoms with E-state index in [1.165, 1.54) is 0 Å². The molecule has 21 heavy (non-hydrogen) atoms. The van der Waals surface area contributed by atoms with E-state index < -0.39 is 11.5 Å². The molecular formula is C16H22N2O3. The van der Waals surface area contributed by atoms with Gasteiger partial charge in [0, 0.05) is 6.20 Å². The standard InChI is InChI=1S/C16H22N2O3/c1-11-5-7-16(8-6-11,15(20)21)18-14(19)10-13-12(2)4-3-9-17-13/h3-4,9,11H,5-8,10H2,1-2H3,(H,18,19)(H,20,21). The Bertz CT molecular complexity index is 534. The van der Waals surface area contributed by atoms with Crippen molar-refractivity contribution in [3.8, 4) is 0 Å². The number of rotatable bonds is 4. The second kappa shape index (κ2) is 6.24. The number of carboxylic acids is 1. The van der Waals surface area contributed by atoms with E-state index >= 15 is 0 Å². The molecule has 0 aromatic carbocycles. The maximum atomic E-state index is 12.2. The highest BCUT2D eigenvalue weighted by molar-refractivity contribution is 5.88. The van der Waals surface area contributed by atoms with Gasteiger partial charge in [-0.1, -0.05) is 13.0 Å². The molecule has 1 aliphatic carbocycles. The monoisotopic (exact) mass is 290 g/mol. The summed E-state index contributed by atoms with van der Waals surface area (Å²) in [6, 6.07) is 3.71. The zero-order valence-electron chi connectivity index (χ0n) is 12.6. The first-order valence-electron chi connectivity index (χ1n) is 7.38. The highest BCUT2D eigenvalue weighted by atomic mass is 16.4. The van der Waals surface area contributed by atoms with E-state index in [0.29, 0.717) is 24.5 Å². The Morgan fingerprint density at radius 3 is 2.67 bits per heavy atom. The van der Waals surface area contributed by atoms with E-state index in [-0.39, 0.29) is 12.3 Å². The van der Waals surface area contributed by atoms with E-state index in [0.717, 1.165) is 18.4 Å². The molecule has 1 aromatic rings. The van der Waals surface area contributed by atoms with Gasteiger partial charge in [0.1, 0.15) is 5.54 Å². The number of hydrogen-bond donors (Lipinski definition) is 2. The second-order valence-corrected chi connectivity index (χ2v) is 6.06. The van der Waals surface area contributed by atoms with Gasteiger partial charge < -0.3 is 10.4 Å². The molecule has 1 aromatic heterocycles. The molecule has 1 amide bonds. The number of hydrogen-bond acceptors (Lipinski definition) is 3. The summed E-state index contributed by atoms with van der Waals surface area (Å²) in [6.07, 6.45) is 4.42. The van der Waals surface area contributed by atoms with Crippen LogP contribution in [0.25, 0.3) is 0 Å². The molecule has 0 unspecified atom stereocenters. The summed E-state index contributed by atoms with van der Waals surface area (Å²) in [5, 5.41) is 12.3. The van der Waals surface area contributed by atoms with Gasteiger partial charge in [0.2, 0.25) is 5.91 Å². The zero-order valence-corrected chi connectivity index (χ0v) is 12.6. The first-order valence-corrected chi connectivity index (χ1v) is 7.38.